The van der Waals surface area contributed by atoms with E-state index in [0.29, 0.717) is 5.92 Å². The Morgan fingerprint density at radius 2 is 1.81 bits per heavy atom. The summed E-state index contributed by atoms with van der Waals surface area (Å²) in [6, 6.07) is 22.0. The fraction of sp³-hybridized carbons (Fsp3) is 0.500. The van der Waals surface area contributed by atoms with Crippen molar-refractivity contribution < 1.29 is 9.53 Å². The average Bonchev–Trinajstić information content (AvgIpc) is 3.66. The molecule has 8 nitrogen and oxygen atoms in total. The fourth-order valence-electron chi connectivity index (χ4n) is 7.74. The zero-order chi connectivity index (χ0) is 29.8. The summed E-state index contributed by atoms with van der Waals surface area (Å²) in [4.78, 5) is 19.6. The normalized spacial score (nSPS) is 22.9. The molecule has 1 amide bonds. The first kappa shape index (κ1) is 29.6. The molecule has 1 aromatic heterocycles. The van der Waals surface area contributed by atoms with Gasteiger partial charge in [-0.15, -0.1) is 0 Å². The molecule has 0 bridgehead atoms. The first-order valence-corrected chi connectivity index (χ1v) is 16.3. The van der Waals surface area contributed by atoms with E-state index in [1.54, 1.807) is 11.8 Å². The van der Waals surface area contributed by atoms with E-state index in [0.717, 1.165) is 75.3 Å². The van der Waals surface area contributed by atoms with Gasteiger partial charge in [0, 0.05) is 61.3 Å². The second kappa shape index (κ2) is 13.0. The second-order valence-corrected chi connectivity index (χ2v) is 13.6. The standard InChI is InChI=1S/C34H42N6O2S/c1-38-23-30(19-36-38)43-29-13-11-28(12-14-29)40-21-25(22-40)20-39-17-15-27(16-18-39)34(24-35,26-7-4-3-5-8-26)31-9-6-10-32(31)37-33(41)42-2/h3-5,7-8,11-14,19,23,25,27,31-32H,6,9-10,15-18,20-22H2,1-2H3,(H,37,41). The van der Waals surface area contributed by atoms with Crippen molar-refractivity contribution in [2.45, 2.75) is 53.4 Å². The minimum absolute atomic E-state index is 0.0469. The minimum Gasteiger partial charge on any atom is -0.453 e. The number of methoxy groups -OCH3 is 1. The number of aromatic nitrogens is 2. The van der Waals surface area contributed by atoms with Gasteiger partial charge in [-0.25, -0.2) is 4.79 Å². The third-order valence-corrected chi connectivity index (χ3v) is 10.8. The molecule has 2 aromatic carbocycles. The zero-order valence-electron chi connectivity index (χ0n) is 25.2. The first-order valence-electron chi connectivity index (χ1n) is 15.5. The number of anilines is 1. The van der Waals surface area contributed by atoms with Gasteiger partial charge >= 0.3 is 6.09 Å². The molecule has 2 aliphatic heterocycles. The topological polar surface area (TPSA) is 86.4 Å². The number of rotatable bonds is 9. The highest BCUT2D eigenvalue weighted by molar-refractivity contribution is 7.99. The predicted octanol–water partition coefficient (Wildman–Crippen LogP) is 5.71. The first-order chi connectivity index (χ1) is 21.0. The van der Waals surface area contributed by atoms with Crippen LogP contribution >= 0.6 is 11.8 Å². The number of nitrogens with zero attached hydrogens (tertiary/aromatic N) is 5. The van der Waals surface area contributed by atoms with Crippen LogP contribution < -0.4 is 10.2 Å². The molecule has 3 aromatic rings. The molecule has 226 valence electrons. The van der Waals surface area contributed by atoms with Gasteiger partial charge in [0.2, 0.25) is 0 Å². The molecule has 6 rings (SSSR count). The van der Waals surface area contributed by atoms with Crippen molar-refractivity contribution in [3.05, 3.63) is 72.6 Å². The summed E-state index contributed by atoms with van der Waals surface area (Å²) < 4.78 is 6.77. The molecular weight excluding hydrogens is 556 g/mol. The molecule has 0 spiro atoms. The number of carbonyl (C=O) groups is 1. The maximum atomic E-state index is 12.2. The van der Waals surface area contributed by atoms with Crippen molar-refractivity contribution in [2.75, 3.05) is 44.7 Å². The Bertz CT molecular complexity index is 1410. The Hall–Kier alpha value is -3.48. The van der Waals surface area contributed by atoms with Crippen LogP contribution in [0.25, 0.3) is 0 Å². The zero-order valence-corrected chi connectivity index (χ0v) is 26.0. The van der Waals surface area contributed by atoms with Crippen molar-refractivity contribution in [3.8, 4) is 6.07 Å². The number of nitriles is 1. The molecule has 43 heavy (non-hydrogen) atoms. The smallest absolute Gasteiger partial charge is 0.407 e. The lowest BCUT2D eigenvalue weighted by Crippen LogP contribution is -2.55. The second-order valence-electron chi connectivity index (χ2n) is 12.4. The Kier molecular flexibility index (Phi) is 8.96. The Labute approximate surface area is 259 Å². The van der Waals surface area contributed by atoms with Gasteiger partial charge in [0.15, 0.2) is 0 Å². The summed E-state index contributed by atoms with van der Waals surface area (Å²) >= 11 is 1.74. The van der Waals surface area contributed by atoms with Gasteiger partial charge in [0.05, 0.1) is 29.7 Å². The van der Waals surface area contributed by atoms with Crippen LogP contribution in [0.3, 0.4) is 0 Å². The van der Waals surface area contributed by atoms with E-state index in [1.807, 2.05) is 42.3 Å². The molecule has 3 atom stereocenters. The van der Waals surface area contributed by atoms with Crippen molar-refractivity contribution in [1.29, 1.82) is 5.26 Å². The monoisotopic (exact) mass is 598 g/mol. The van der Waals surface area contributed by atoms with Gasteiger partial charge in [-0.3, -0.25) is 4.68 Å². The van der Waals surface area contributed by atoms with Crippen LogP contribution in [0.4, 0.5) is 10.5 Å². The van der Waals surface area contributed by atoms with Crippen LogP contribution in [0.5, 0.6) is 0 Å². The summed E-state index contributed by atoms with van der Waals surface area (Å²) in [5.41, 5.74) is 1.77. The van der Waals surface area contributed by atoms with Crippen molar-refractivity contribution >= 4 is 23.5 Å². The Morgan fingerprint density at radius 3 is 2.47 bits per heavy atom. The number of hydrogen-bond acceptors (Lipinski definition) is 7. The van der Waals surface area contributed by atoms with Gasteiger partial charge in [0.25, 0.3) is 0 Å². The molecule has 0 radical (unpaired) electrons. The number of amides is 1. The number of aryl methyl sites for hydroxylation is 1. The highest BCUT2D eigenvalue weighted by Crippen LogP contribution is 2.50. The fourth-order valence-corrected chi connectivity index (χ4v) is 8.59. The van der Waals surface area contributed by atoms with Gasteiger partial charge in [-0.2, -0.15) is 10.4 Å². The molecule has 3 heterocycles. The van der Waals surface area contributed by atoms with Crippen LogP contribution in [0.1, 0.15) is 37.7 Å². The summed E-state index contributed by atoms with van der Waals surface area (Å²) in [5, 5.41) is 18.3. The lowest BCUT2D eigenvalue weighted by atomic mass is 9.59. The lowest BCUT2D eigenvalue weighted by Gasteiger charge is -2.48. The van der Waals surface area contributed by atoms with Crippen LogP contribution in [-0.2, 0) is 17.2 Å². The van der Waals surface area contributed by atoms with Crippen molar-refractivity contribution in [2.24, 2.45) is 24.8 Å². The van der Waals surface area contributed by atoms with Gasteiger partial charge in [-0.1, -0.05) is 48.5 Å². The third kappa shape index (κ3) is 6.27. The van der Waals surface area contributed by atoms with E-state index in [2.05, 4.69) is 62.7 Å². The molecule has 1 saturated carbocycles. The van der Waals surface area contributed by atoms with Crippen molar-refractivity contribution in [1.82, 2.24) is 20.0 Å². The largest absolute Gasteiger partial charge is 0.453 e. The number of nitrogens with one attached hydrogen (secondary N) is 1. The van der Waals surface area contributed by atoms with E-state index in [9.17, 15) is 10.1 Å². The third-order valence-electron chi connectivity index (χ3n) is 9.85. The average molecular weight is 599 g/mol. The highest BCUT2D eigenvalue weighted by Gasteiger charge is 2.52. The van der Waals surface area contributed by atoms with Crippen LogP contribution in [0.15, 0.2) is 76.8 Å². The number of likely N-dealkylation sites (tertiary alicyclic amines) is 1. The highest BCUT2D eigenvalue weighted by atomic mass is 32.2. The van der Waals surface area contributed by atoms with Gasteiger partial charge in [-0.05, 0) is 74.5 Å². The summed E-state index contributed by atoms with van der Waals surface area (Å²) in [5.74, 6) is 0.992. The molecule has 3 unspecified atom stereocenters. The maximum absolute atomic E-state index is 12.2. The summed E-state index contributed by atoms with van der Waals surface area (Å²) in [7, 11) is 3.35. The predicted molar refractivity (Wildman–Crippen MR) is 169 cm³/mol. The van der Waals surface area contributed by atoms with Crippen LogP contribution in [-0.4, -0.2) is 66.6 Å². The number of carbonyl (C=O) groups excluding carboxylic acids is 1. The number of hydrogen-bond donors (Lipinski definition) is 1. The summed E-state index contributed by atoms with van der Waals surface area (Å²) in [6.07, 6.45) is 8.37. The lowest BCUT2D eigenvalue weighted by molar-refractivity contribution is 0.0939. The van der Waals surface area contributed by atoms with Gasteiger partial charge in [0.1, 0.15) is 0 Å². The SMILES string of the molecule is COC(=O)NC1CCCC1C(C#N)(c1ccccc1)C1CCN(CC2CN(c3ccc(Sc4cnn(C)c4)cc3)C2)CC1. The molecular formula is C34H42N6O2S. The van der Waals surface area contributed by atoms with E-state index < -0.39 is 11.5 Å². The quantitative estimate of drug-likeness (QED) is 0.338. The minimum atomic E-state index is -0.621. The van der Waals surface area contributed by atoms with Crippen molar-refractivity contribution in [3.63, 3.8) is 0 Å². The molecule has 9 heteroatoms. The number of alkyl carbamates (subject to hydrolysis) is 1. The summed E-state index contributed by atoms with van der Waals surface area (Å²) in [6.45, 7) is 5.31. The number of ether oxygens (including phenoxy) is 1. The Morgan fingerprint density at radius 1 is 1.07 bits per heavy atom. The van der Waals surface area contributed by atoms with E-state index in [-0.39, 0.29) is 17.9 Å². The number of piperidine rings is 1. The Balaban J connectivity index is 1.05. The maximum Gasteiger partial charge on any atom is 0.407 e. The molecule has 3 aliphatic rings. The van der Waals surface area contributed by atoms with E-state index >= 15 is 0 Å². The van der Waals surface area contributed by atoms with Gasteiger partial charge < -0.3 is 19.9 Å². The molecule has 1 N–H and O–H groups in total. The molecule has 1 aliphatic carbocycles. The van der Waals surface area contributed by atoms with Crippen LogP contribution in [0.2, 0.25) is 0 Å². The number of benzene rings is 2. The van der Waals surface area contributed by atoms with Crippen LogP contribution in [0, 0.1) is 29.1 Å². The van der Waals surface area contributed by atoms with E-state index in [4.69, 9.17) is 4.74 Å². The van der Waals surface area contributed by atoms with E-state index in [1.165, 1.54) is 17.7 Å². The molecule has 3 fully saturated rings. The molecule has 2 saturated heterocycles.